The maximum absolute atomic E-state index is 12.8. The summed E-state index contributed by atoms with van der Waals surface area (Å²) in [5.41, 5.74) is 5.78. The molecular formula is C14H16FN3OS. The topological polar surface area (TPSA) is 64.9 Å². The minimum absolute atomic E-state index is 0.218. The van der Waals surface area contributed by atoms with Crippen molar-refractivity contribution in [3.8, 4) is 0 Å². The first-order valence-corrected chi connectivity index (χ1v) is 7.65. The summed E-state index contributed by atoms with van der Waals surface area (Å²) in [4.78, 5) is 5.40. The van der Waals surface area contributed by atoms with E-state index in [4.69, 9.17) is 10.3 Å². The largest absolute Gasteiger partial charge is 0.339 e. The molecule has 1 aromatic heterocycles. The number of nitrogens with zero attached hydrogens (tertiary/aromatic N) is 2. The van der Waals surface area contributed by atoms with Crippen LogP contribution in [-0.2, 0) is 12.0 Å². The maximum atomic E-state index is 12.8. The molecule has 1 aliphatic rings. The molecule has 1 aliphatic carbocycles. The number of benzene rings is 1. The first-order valence-electron chi connectivity index (χ1n) is 6.66. The van der Waals surface area contributed by atoms with Gasteiger partial charge in [0.15, 0.2) is 5.82 Å². The number of hydrogen-bond donors (Lipinski definition) is 1. The molecule has 3 rings (SSSR count). The van der Waals surface area contributed by atoms with E-state index in [0.717, 1.165) is 29.9 Å². The van der Waals surface area contributed by atoms with Crippen LogP contribution in [0.15, 0.2) is 33.7 Å². The summed E-state index contributed by atoms with van der Waals surface area (Å²) in [6.45, 7) is 0. The Kier molecular flexibility index (Phi) is 3.76. The van der Waals surface area contributed by atoms with Crippen LogP contribution >= 0.6 is 11.8 Å². The van der Waals surface area contributed by atoms with Crippen molar-refractivity contribution in [3.63, 3.8) is 0 Å². The van der Waals surface area contributed by atoms with Crippen LogP contribution in [0.3, 0.4) is 0 Å². The van der Waals surface area contributed by atoms with Crippen molar-refractivity contribution in [1.82, 2.24) is 10.1 Å². The number of rotatable bonds is 5. The molecule has 0 radical (unpaired) electrons. The van der Waals surface area contributed by atoms with Gasteiger partial charge in [0.25, 0.3) is 0 Å². The molecule has 0 spiro atoms. The predicted octanol–water partition coefficient (Wildman–Crippen LogP) is 2.88. The van der Waals surface area contributed by atoms with E-state index in [9.17, 15) is 4.39 Å². The van der Waals surface area contributed by atoms with Gasteiger partial charge in [-0.15, -0.1) is 11.8 Å². The molecule has 1 saturated carbocycles. The first kappa shape index (κ1) is 13.6. The maximum Gasteiger partial charge on any atom is 0.227 e. The highest BCUT2D eigenvalue weighted by Crippen LogP contribution is 2.36. The Hall–Kier alpha value is -1.40. The van der Waals surface area contributed by atoms with E-state index in [1.165, 1.54) is 12.1 Å². The average Bonchev–Trinajstić information content (AvgIpc) is 2.87. The van der Waals surface area contributed by atoms with Crippen molar-refractivity contribution in [1.29, 1.82) is 0 Å². The van der Waals surface area contributed by atoms with E-state index in [2.05, 4.69) is 10.1 Å². The van der Waals surface area contributed by atoms with Crippen LogP contribution in [0, 0.1) is 5.82 Å². The third-order valence-electron chi connectivity index (χ3n) is 3.56. The fraction of sp³-hybridized carbons (Fsp3) is 0.429. The van der Waals surface area contributed by atoms with Crippen LogP contribution in [0.25, 0.3) is 0 Å². The third-order valence-corrected chi connectivity index (χ3v) is 4.57. The molecule has 106 valence electrons. The van der Waals surface area contributed by atoms with Crippen LogP contribution in [0.5, 0.6) is 0 Å². The van der Waals surface area contributed by atoms with E-state index < -0.39 is 0 Å². The molecule has 1 fully saturated rings. The number of aryl methyl sites for hydroxylation is 1. The number of thioether (sulfide) groups is 1. The van der Waals surface area contributed by atoms with Crippen molar-refractivity contribution in [2.24, 2.45) is 5.73 Å². The zero-order chi connectivity index (χ0) is 14.0. The van der Waals surface area contributed by atoms with Gasteiger partial charge in [-0.1, -0.05) is 5.16 Å². The molecule has 0 amide bonds. The molecule has 0 unspecified atom stereocenters. The molecule has 2 N–H and O–H groups in total. The molecule has 4 nitrogen and oxygen atoms in total. The van der Waals surface area contributed by atoms with Gasteiger partial charge in [0, 0.05) is 17.1 Å². The minimum Gasteiger partial charge on any atom is -0.339 e. The second-order valence-corrected chi connectivity index (χ2v) is 6.24. The van der Waals surface area contributed by atoms with Gasteiger partial charge in [-0.3, -0.25) is 0 Å². The SMILES string of the molecule is NC1(c2noc(CCSc3ccc(F)cc3)n2)CCC1. The molecular weight excluding hydrogens is 277 g/mol. The Balaban J connectivity index is 1.52. The highest BCUT2D eigenvalue weighted by Gasteiger charge is 2.38. The summed E-state index contributed by atoms with van der Waals surface area (Å²) in [6.07, 6.45) is 3.67. The Morgan fingerprint density at radius 3 is 2.70 bits per heavy atom. The molecule has 1 aromatic carbocycles. The third kappa shape index (κ3) is 2.86. The molecule has 0 aliphatic heterocycles. The van der Waals surface area contributed by atoms with Gasteiger partial charge in [0.05, 0.1) is 5.54 Å². The summed E-state index contributed by atoms with van der Waals surface area (Å²) in [5, 5.41) is 3.98. The predicted molar refractivity (Wildman–Crippen MR) is 74.8 cm³/mol. The lowest BCUT2D eigenvalue weighted by molar-refractivity contribution is 0.229. The second kappa shape index (κ2) is 5.54. The van der Waals surface area contributed by atoms with E-state index in [-0.39, 0.29) is 11.4 Å². The lowest BCUT2D eigenvalue weighted by atomic mass is 9.77. The van der Waals surface area contributed by atoms with Gasteiger partial charge < -0.3 is 10.3 Å². The zero-order valence-electron chi connectivity index (χ0n) is 11.0. The smallest absolute Gasteiger partial charge is 0.227 e. The molecule has 0 atom stereocenters. The average molecular weight is 293 g/mol. The lowest BCUT2D eigenvalue weighted by Gasteiger charge is -2.34. The van der Waals surface area contributed by atoms with Crippen molar-refractivity contribution < 1.29 is 8.91 Å². The van der Waals surface area contributed by atoms with Gasteiger partial charge in [-0.2, -0.15) is 4.98 Å². The zero-order valence-corrected chi connectivity index (χ0v) is 11.8. The van der Waals surface area contributed by atoms with Crippen LogP contribution in [-0.4, -0.2) is 15.9 Å². The molecule has 0 saturated heterocycles. The van der Waals surface area contributed by atoms with Gasteiger partial charge in [-0.05, 0) is 43.5 Å². The van der Waals surface area contributed by atoms with Gasteiger partial charge in [0.2, 0.25) is 5.89 Å². The molecule has 6 heteroatoms. The molecule has 2 aromatic rings. The summed E-state index contributed by atoms with van der Waals surface area (Å²) < 4.78 is 18.0. The van der Waals surface area contributed by atoms with Crippen molar-refractivity contribution in [3.05, 3.63) is 41.8 Å². The highest BCUT2D eigenvalue weighted by molar-refractivity contribution is 7.99. The number of halogens is 1. The fourth-order valence-corrected chi connectivity index (χ4v) is 2.97. The van der Waals surface area contributed by atoms with Crippen molar-refractivity contribution in [2.45, 2.75) is 36.1 Å². The van der Waals surface area contributed by atoms with E-state index in [1.54, 1.807) is 23.9 Å². The van der Waals surface area contributed by atoms with Crippen LogP contribution in [0.4, 0.5) is 4.39 Å². The first-order chi connectivity index (χ1) is 9.66. The van der Waals surface area contributed by atoms with E-state index in [0.29, 0.717) is 18.1 Å². The summed E-state index contributed by atoms with van der Waals surface area (Å²) in [6, 6.07) is 6.45. The second-order valence-electron chi connectivity index (χ2n) is 5.07. The van der Waals surface area contributed by atoms with Crippen molar-refractivity contribution in [2.75, 3.05) is 5.75 Å². The summed E-state index contributed by atoms with van der Waals surface area (Å²) >= 11 is 1.63. The van der Waals surface area contributed by atoms with Crippen LogP contribution < -0.4 is 5.73 Å². The summed E-state index contributed by atoms with van der Waals surface area (Å²) in [5.74, 6) is 1.84. The van der Waals surface area contributed by atoms with E-state index >= 15 is 0 Å². The Labute approximate surface area is 120 Å². The van der Waals surface area contributed by atoms with Gasteiger partial charge >= 0.3 is 0 Å². The van der Waals surface area contributed by atoms with E-state index in [1.807, 2.05) is 0 Å². The molecule has 20 heavy (non-hydrogen) atoms. The highest BCUT2D eigenvalue weighted by atomic mass is 32.2. The molecule has 0 bridgehead atoms. The molecule has 1 heterocycles. The van der Waals surface area contributed by atoms with Crippen LogP contribution in [0.2, 0.25) is 0 Å². The van der Waals surface area contributed by atoms with Crippen molar-refractivity contribution >= 4 is 11.8 Å². The fourth-order valence-electron chi connectivity index (χ4n) is 2.13. The Morgan fingerprint density at radius 1 is 1.30 bits per heavy atom. The van der Waals surface area contributed by atoms with Gasteiger partial charge in [0.1, 0.15) is 5.82 Å². The number of aromatic nitrogens is 2. The monoisotopic (exact) mass is 293 g/mol. The number of hydrogen-bond acceptors (Lipinski definition) is 5. The summed E-state index contributed by atoms with van der Waals surface area (Å²) in [7, 11) is 0. The standard InChI is InChI=1S/C14H16FN3OS/c15-10-2-4-11(5-3-10)20-9-6-12-17-13(18-19-12)14(16)7-1-8-14/h2-5H,1,6-9,16H2. The lowest BCUT2D eigenvalue weighted by Crippen LogP contribution is -2.44. The minimum atomic E-state index is -0.369. The number of nitrogens with two attached hydrogens (primary N) is 1. The normalized spacial score (nSPS) is 16.9. The van der Waals surface area contributed by atoms with Crippen LogP contribution in [0.1, 0.15) is 31.0 Å². The quantitative estimate of drug-likeness (QED) is 0.859. The van der Waals surface area contributed by atoms with Gasteiger partial charge in [-0.25, -0.2) is 4.39 Å². The Bertz CT molecular complexity index is 580. The Morgan fingerprint density at radius 2 is 2.05 bits per heavy atom.